The summed E-state index contributed by atoms with van der Waals surface area (Å²) in [5, 5.41) is 3.79. The molecule has 1 rings (SSSR count). The highest BCUT2D eigenvalue weighted by molar-refractivity contribution is 7.13. The fourth-order valence-electron chi connectivity index (χ4n) is 0.634. The zero-order chi connectivity index (χ0) is 7.56. The lowest BCUT2D eigenvalue weighted by Crippen LogP contribution is -2.13. The molecule has 1 aromatic heterocycles. The minimum absolute atomic E-state index is 0.0770. The summed E-state index contributed by atoms with van der Waals surface area (Å²) in [6.45, 7) is 2.64. The number of nitrogens with zero attached hydrogens (tertiary/aromatic N) is 2. The van der Waals surface area contributed by atoms with Crippen molar-refractivity contribution in [2.75, 3.05) is 0 Å². The van der Waals surface area contributed by atoms with Gasteiger partial charge in [0.2, 0.25) is 4.47 Å². The van der Waals surface area contributed by atoms with Crippen molar-refractivity contribution in [2.24, 2.45) is 0 Å². The van der Waals surface area contributed by atoms with E-state index < -0.39 is 0 Å². The van der Waals surface area contributed by atoms with Gasteiger partial charge in [0, 0.05) is 6.54 Å². The molecular formula is C5H7ClN2OS. The fraction of sp³-hybridized carbons (Fsp3) is 0.600. The van der Waals surface area contributed by atoms with E-state index in [9.17, 15) is 4.79 Å². The monoisotopic (exact) mass is 178 g/mol. The highest BCUT2D eigenvalue weighted by Crippen LogP contribution is 2.05. The summed E-state index contributed by atoms with van der Waals surface area (Å²) in [6.07, 6.45) is 0.903. The summed E-state index contributed by atoms with van der Waals surface area (Å²) < 4.78 is 1.70. The molecule has 0 amide bonds. The average molecular weight is 179 g/mol. The van der Waals surface area contributed by atoms with Gasteiger partial charge in [-0.3, -0.25) is 4.79 Å². The number of hydrogen-bond donors (Lipinski definition) is 0. The summed E-state index contributed by atoms with van der Waals surface area (Å²) in [5.74, 6) is 0. The Bertz CT molecular complexity index is 267. The largest absolute Gasteiger partial charge is 0.326 e. The van der Waals surface area contributed by atoms with Gasteiger partial charge in [0.1, 0.15) is 0 Å². The van der Waals surface area contributed by atoms with Crippen LogP contribution >= 0.6 is 22.9 Å². The van der Waals surface area contributed by atoms with Crippen molar-refractivity contribution in [3.05, 3.63) is 14.1 Å². The molecule has 3 nitrogen and oxygen atoms in total. The Morgan fingerprint density at radius 2 is 2.50 bits per heavy atom. The first-order valence-electron chi connectivity index (χ1n) is 2.97. The molecule has 0 fully saturated rings. The molecule has 1 heterocycles. The maximum atomic E-state index is 10.9. The molecule has 0 atom stereocenters. The highest BCUT2D eigenvalue weighted by atomic mass is 35.5. The maximum Gasteiger partial charge on any atom is 0.326 e. The number of hydrogen-bond acceptors (Lipinski definition) is 3. The quantitative estimate of drug-likeness (QED) is 0.686. The zero-order valence-corrected chi connectivity index (χ0v) is 7.08. The van der Waals surface area contributed by atoms with E-state index in [-0.39, 0.29) is 4.87 Å². The first kappa shape index (κ1) is 7.75. The van der Waals surface area contributed by atoms with Gasteiger partial charge in [-0.15, -0.1) is 5.10 Å². The van der Waals surface area contributed by atoms with Gasteiger partial charge in [-0.05, 0) is 29.4 Å². The molecule has 0 bridgehead atoms. The summed E-state index contributed by atoms with van der Waals surface area (Å²) in [7, 11) is 0. The zero-order valence-electron chi connectivity index (χ0n) is 5.50. The topological polar surface area (TPSA) is 34.9 Å². The van der Waals surface area contributed by atoms with Crippen LogP contribution in [0.4, 0.5) is 0 Å². The fourth-order valence-corrected chi connectivity index (χ4v) is 1.44. The van der Waals surface area contributed by atoms with Gasteiger partial charge in [-0.1, -0.05) is 6.92 Å². The molecule has 0 N–H and O–H groups in total. The SMILES string of the molecule is CCCn1nc(Cl)sc1=O. The van der Waals surface area contributed by atoms with Crippen LogP contribution in [-0.2, 0) is 6.54 Å². The van der Waals surface area contributed by atoms with Crippen LogP contribution in [-0.4, -0.2) is 9.78 Å². The van der Waals surface area contributed by atoms with Crippen molar-refractivity contribution in [3.8, 4) is 0 Å². The van der Waals surface area contributed by atoms with Crippen molar-refractivity contribution in [2.45, 2.75) is 19.9 Å². The van der Waals surface area contributed by atoms with Crippen LogP contribution in [0.5, 0.6) is 0 Å². The predicted octanol–water partition coefficient (Wildman–Crippen LogP) is 1.37. The Balaban J connectivity index is 2.92. The van der Waals surface area contributed by atoms with E-state index in [1.807, 2.05) is 6.92 Å². The van der Waals surface area contributed by atoms with E-state index in [0.717, 1.165) is 17.8 Å². The number of rotatable bonds is 2. The Morgan fingerprint density at radius 3 is 2.90 bits per heavy atom. The van der Waals surface area contributed by atoms with Crippen LogP contribution in [0, 0.1) is 0 Å². The van der Waals surface area contributed by atoms with E-state index >= 15 is 0 Å². The van der Waals surface area contributed by atoms with Crippen LogP contribution in [0.1, 0.15) is 13.3 Å². The molecule has 0 spiro atoms. The van der Waals surface area contributed by atoms with Gasteiger partial charge >= 0.3 is 4.87 Å². The van der Waals surface area contributed by atoms with E-state index in [2.05, 4.69) is 5.10 Å². The Hall–Kier alpha value is -0.350. The van der Waals surface area contributed by atoms with Crippen molar-refractivity contribution in [1.29, 1.82) is 0 Å². The summed E-state index contributed by atoms with van der Waals surface area (Å²) in [5.41, 5.74) is 0. The molecule has 0 saturated carbocycles. The summed E-state index contributed by atoms with van der Waals surface area (Å²) in [6, 6.07) is 0. The second kappa shape index (κ2) is 3.16. The minimum atomic E-state index is -0.0770. The molecular weight excluding hydrogens is 172 g/mol. The van der Waals surface area contributed by atoms with Gasteiger partial charge < -0.3 is 0 Å². The molecule has 0 aliphatic carbocycles. The van der Waals surface area contributed by atoms with Gasteiger partial charge in [-0.2, -0.15) is 0 Å². The predicted molar refractivity (Wildman–Crippen MR) is 41.7 cm³/mol. The average Bonchev–Trinajstić information content (AvgIpc) is 2.13. The van der Waals surface area contributed by atoms with Gasteiger partial charge in [-0.25, -0.2) is 4.68 Å². The number of halogens is 1. The Kier molecular flexibility index (Phi) is 2.45. The van der Waals surface area contributed by atoms with E-state index in [4.69, 9.17) is 11.6 Å². The Morgan fingerprint density at radius 1 is 1.80 bits per heavy atom. The first-order chi connectivity index (χ1) is 4.74. The molecule has 0 saturated heterocycles. The van der Waals surface area contributed by atoms with Gasteiger partial charge in [0.25, 0.3) is 0 Å². The van der Waals surface area contributed by atoms with Crippen molar-refractivity contribution >= 4 is 22.9 Å². The lowest BCUT2D eigenvalue weighted by Gasteiger charge is -1.90. The molecule has 0 aliphatic heterocycles. The van der Waals surface area contributed by atoms with Crippen molar-refractivity contribution < 1.29 is 0 Å². The first-order valence-corrected chi connectivity index (χ1v) is 4.17. The van der Waals surface area contributed by atoms with Crippen LogP contribution in [0.3, 0.4) is 0 Å². The molecule has 0 unspecified atom stereocenters. The Labute approximate surface area is 67.2 Å². The lowest BCUT2D eigenvalue weighted by molar-refractivity contribution is 0.587. The van der Waals surface area contributed by atoms with Crippen LogP contribution in [0.25, 0.3) is 0 Å². The molecule has 56 valence electrons. The van der Waals surface area contributed by atoms with E-state index in [0.29, 0.717) is 11.0 Å². The molecule has 10 heavy (non-hydrogen) atoms. The van der Waals surface area contributed by atoms with E-state index in [1.165, 1.54) is 4.68 Å². The van der Waals surface area contributed by atoms with E-state index in [1.54, 1.807) is 0 Å². The second-order valence-corrected chi connectivity index (χ2v) is 3.37. The van der Waals surface area contributed by atoms with Crippen LogP contribution in [0.2, 0.25) is 4.47 Å². The standard InChI is InChI=1S/C5H7ClN2OS/c1-2-3-8-5(9)10-4(6)7-8/h2-3H2,1H3. The third kappa shape index (κ3) is 1.58. The summed E-state index contributed by atoms with van der Waals surface area (Å²) in [4.78, 5) is 10.8. The van der Waals surface area contributed by atoms with Gasteiger partial charge in [0.15, 0.2) is 0 Å². The molecule has 0 radical (unpaired) electrons. The molecule has 5 heteroatoms. The number of aryl methyl sites for hydroxylation is 1. The minimum Gasteiger partial charge on any atom is -0.255 e. The summed E-state index contributed by atoms with van der Waals surface area (Å²) >= 11 is 6.46. The van der Waals surface area contributed by atoms with Gasteiger partial charge in [0.05, 0.1) is 0 Å². The normalized spacial score (nSPS) is 10.2. The number of aromatic nitrogens is 2. The maximum absolute atomic E-state index is 10.9. The lowest BCUT2D eigenvalue weighted by atomic mass is 10.5. The van der Waals surface area contributed by atoms with Crippen molar-refractivity contribution in [3.63, 3.8) is 0 Å². The smallest absolute Gasteiger partial charge is 0.255 e. The second-order valence-electron chi connectivity index (χ2n) is 1.84. The highest BCUT2D eigenvalue weighted by Gasteiger charge is 2.00. The van der Waals surface area contributed by atoms with Crippen molar-refractivity contribution in [1.82, 2.24) is 9.78 Å². The van der Waals surface area contributed by atoms with Crippen LogP contribution < -0.4 is 4.87 Å². The van der Waals surface area contributed by atoms with Crippen LogP contribution in [0.15, 0.2) is 4.79 Å². The molecule has 1 aromatic rings. The third-order valence-corrected chi connectivity index (χ3v) is 1.96. The molecule has 0 aliphatic rings. The molecule has 0 aromatic carbocycles. The third-order valence-electron chi connectivity index (χ3n) is 1.02.